The lowest BCUT2D eigenvalue weighted by molar-refractivity contribution is -0.115. The van der Waals surface area contributed by atoms with Gasteiger partial charge in [0.05, 0.1) is 18.2 Å². The summed E-state index contributed by atoms with van der Waals surface area (Å²) in [5.74, 6) is -0.460. The summed E-state index contributed by atoms with van der Waals surface area (Å²) in [6.07, 6.45) is 0.839. The minimum atomic E-state index is -0.359. The molecule has 110 valence electrons. The van der Waals surface area contributed by atoms with Crippen LogP contribution in [-0.2, 0) is 9.53 Å². The Labute approximate surface area is 119 Å². The van der Waals surface area contributed by atoms with Crippen LogP contribution in [0.4, 0.5) is 5.69 Å². The maximum absolute atomic E-state index is 11.6. The van der Waals surface area contributed by atoms with Crippen molar-refractivity contribution in [2.24, 2.45) is 0 Å². The van der Waals surface area contributed by atoms with E-state index in [1.54, 1.807) is 38.1 Å². The minimum Gasteiger partial charge on any atom is -0.459 e. The Hall–Kier alpha value is -1.88. The minimum absolute atomic E-state index is 0.101. The molecule has 1 aromatic rings. The van der Waals surface area contributed by atoms with Crippen LogP contribution in [0.2, 0.25) is 0 Å². The molecule has 1 amide bonds. The maximum atomic E-state index is 11.6. The molecule has 5 nitrogen and oxygen atoms in total. The molecule has 0 fully saturated rings. The largest absolute Gasteiger partial charge is 0.459 e. The number of hydrogen-bond acceptors (Lipinski definition) is 4. The number of nitrogens with one attached hydrogen (secondary N) is 2. The van der Waals surface area contributed by atoms with Crippen LogP contribution in [0.3, 0.4) is 0 Å². The van der Waals surface area contributed by atoms with Crippen LogP contribution >= 0.6 is 0 Å². The SMILES string of the molecule is CCCNCC(=O)Nc1ccc(C(=O)OC(C)C)cc1. The Bertz CT molecular complexity index is 441. The number of carbonyl (C=O) groups is 2. The van der Waals surface area contributed by atoms with Gasteiger partial charge in [-0.25, -0.2) is 4.79 Å². The van der Waals surface area contributed by atoms with E-state index in [-0.39, 0.29) is 24.5 Å². The second kappa shape index (κ2) is 8.32. The summed E-state index contributed by atoms with van der Waals surface area (Å²) in [7, 11) is 0. The van der Waals surface area contributed by atoms with E-state index < -0.39 is 0 Å². The zero-order chi connectivity index (χ0) is 15.0. The summed E-state index contributed by atoms with van der Waals surface area (Å²) in [6, 6.07) is 6.66. The van der Waals surface area contributed by atoms with Crippen molar-refractivity contribution >= 4 is 17.6 Å². The Kier molecular flexibility index (Phi) is 6.73. The molecule has 0 aliphatic carbocycles. The normalized spacial score (nSPS) is 10.4. The molecule has 0 saturated heterocycles. The lowest BCUT2D eigenvalue weighted by atomic mass is 10.2. The molecule has 20 heavy (non-hydrogen) atoms. The molecule has 0 spiro atoms. The van der Waals surface area contributed by atoms with Gasteiger partial charge in [0.1, 0.15) is 0 Å². The maximum Gasteiger partial charge on any atom is 0.338 e. The van der Waals surface area contributed by atoms with Crippen molar-refractivity contribution in [2.45, 2.75) is 33.3 Å². The van der Waals surface area contributed by atoms with E-state index in [4.69, 9.17) is 4.74 Å². The molecule has 0 aliphatic heterocycles. The van der Waals surface area contributed by atoms with E-state index in [0.29, 0.717) is 11.3 Å². The van der Waals surface area contributed by atoms with Crippen LogP contribution in [0.1, 0.15) is 37.6 Å². The molecular formula is C15H22N2O3. The molecule has 0 heterocycles. The van der Waals surface area contributed by atoms with Gasteiger partial charge < -0.3 is 15.4 Å². The number of amides is 1. The second-order valence-electron chi connectivity index (χ2n) is 4.76. The van der Waals surface area contributed by atoms with Crippen molar-refractivity contribution in [1.82, 2.24) is 5.32 Å². The van der Waals surface area contributed by atoms with E-state index in [1.165, 1.54) is 0 Å². The number of rotatable bonds is 7. The molecule has 0 saturated carbocycles. The Morgan fingerprint density at radius 2 is 1.85 bits per heavy atom. The third kappa shape index (κ3) is 5.84. The topological polar surface area (TPSA) is 67.4 Å². The fourth-order valence-electron chi connectivity index (χ4n) is 1.56. The van der Waals surface area contributed by atoms with E-state index in [0.717, 1.165) is 13.0 Å². The molecule has 1 aromatic carbocycles. The number of ether oxygens (including phenoxy) is 1. The van der Waals surface area contributed by atoms with E-state index >= 15 is 0 Å². The average molecular weight is 278 g/mol. The lowest BCUT2D eigenvalue weighted by Crippen LogP contribution is -2.28. The van der Waals surface area contributed by atoms with Crippen molar-refractivity contribution in [3.8, 4) is 0 Å². The highest BCUT2D eigenvalue weighted by Crippen LogP contribution is 2.11. The summed E-state index contributed by atoms with van der Waals surface area (Å²) in [5.41, 5.74) is 1.13. The van der Waals surface area contributed by atoms with E-state index in [2.05, 4.69) is 10.6 Å². The third-order valence-electron chi connectivity index (χ3n) is 2.46. The summed E-state index contributed by atoms with van der Waals surface area (Å²) in [6.45, 7) is 6.74. The van der Waals surface area contributed by atoms with Crippen LogP contribution in [0, 0.1) is 0 Å². The van der Waals surface area contributed by atoms with Crippen LogP contribution in [0.5, 0.6) is 0 Å². The third-order valence-corrected chi connectivity index (χ3v) is 2.46. The van der Waals surface area contributed by atoms with Crippen LogP contribution in [0.25, 0.3) is 0 Å². The molecule has 0 aliphatic rings. The van der Waals surface area contributed by atoms with Crippen molar-refractivity contribution in [1.29, 1.82) is 0 Å². The van der Waals surface area contributed by atoms with Crippen LogP contribution < -0.4 is 10.6 Å². The molecule has 1 rings (SSSR count). The van der Waals surface area contributed by atoms with Crippen LogP contribution in [0.15, 0.2) is 24.3 Å². The quantitative estimate of drug-likeness (QED) is 0.592. The van der Waals surface area contributed by atoms with Gasteiger partial charge in [0.2, 0.25) is 5.91 Å². The number of anilines is 1. The zero-order valence-electron chi connectivity index (χ0n) is 12.2. The molecule has 0 atom stereocenters. The number of carbonyl (C=O) groups excluding carboxylic acids is 2. The first-order chi connectivity index (χ1) is 9.52. The smallest absolute Gasteiger partial charge is 0.338 e. The molecule has 0 aromatic heterocycles. The first kappa shape index (κ1) is 16.2. The van der Waals surface area contributed by atoms with Gasteiger partial charge in [-0.1, -0.05) is 6.92 Å². The fraction of sp³-hybridized carbons (Fsp3) is 0.467. The van der Waals surface area contributed by atoms with Gasteiger partial charge >= 0.3 is 5.97 Å². The molecule has 0 unspecified atom stereocenters. The van der Waals surface area contributed by atoms with Crippen molar-refractivity contribution in [3.05, 3.63) is 29.8 Å². The summed E-state index contributed by atoms with van der Waals surface area (Å²) in [4.78, 5) is 23.2. The van der Waals surface area contributed by atoms with Gasteiger partial charge in [-0.3, -0.25) is 4.79 Å². The van der Waals surface area contributed by atoms with Gasteiger partial charge in [-0.05, 0) is 51.1 Å². The van der Waals surface area contributed by atoms with Gasteiger partial charge in [0.25, 0.3) is 0 Å². The Balaban J connectivity index is 2.50. The number of benzene rings is 1. The molecule has 2 N–H and O–H groups in total. The molecule has 0 bridgehead atoms. The molecule has 0 radical (unpaired) electrons. The molecular weight excluding hydrogens is 256 g/mol. The predicted molar refractivity (Wildman–Crippen MR) is 78.8 cm³/mol. The monoisotopic (exact) mass is 278 g/mol. The zero-order valence-corrected chi connectivity index (χ0v) is 12.2. The van der Waals surface area contributed by atoms with Gasteiger partial charge in [0, 0.05) is 5.69 Å². The van der Waals surface area contributed by atoms with Gasteiger partial charge in [0.15, 0.2) is 0 Å². The highest BCUT2D eigenvalue weighted by molar-refractivity contribution is 5.94. The van der Waals surface area contributed by atoms with Crippen molar-refractivity contribution in [2.75, 3.05) is 18.4 Å². The number of hydrogen-bond donors (Lipinski definition) is 2. The Morgan fingerprint density at radius 1 is 1.20 bits per heavy atom. The number of esters is 1. The first-order valence-corrected chi connectivity index (χ1v) is 6.84. The Morgan fingerprint density at radius 3 is 2.40 bits per heavy atom. The van der Waals surface area contributed by atoms with E-state index in [1.807, 2.05) is 6.92 Å². The van der Waals surface area contributed by atoms with Gasteiger partial charge in [-0.2, -0.15) is 0 Å². The lowest BCUT2D eigenvalue weighted by Gasteiger charge is -2.09. The van der Waals surface area contributed by atoms with Crippen molar-refractivity contribution in [3.63, 3.8) is 0 Å². The van der Waals surface area contributed by atoms with Gasteiger partial charge in [-0.15, -0.1) is 0 Å². The van der Waals surface area contributed by atoms with E-state index in [9.17, 15) is 9.59 Å². The average Bonchev–Trinajstić information content (AvgIpc) is 2.39. The summed E-state index contributed by atoms with van der Waals surface area (Å²) >= 11 is 0. The highest BCUT2D eigenvalue weighted by Gasteiger charge is 2.09. The highest BCUT2D eigenvalue weighted by atomic mass is 16.5. The standard InChI is InChI=1S/C15H22N2O3/c1-4-9-16-10-14(18)17-13-7-5-12(6-8-13)15(19)20-11(2)3/h5-8,11,16H,4,9-10H2,1-3H3,(H,17,18). The summed E-state index contributed by atoms with van der Waals surface area (Å²) in [5, 5.41) is 5.77. The van der Waals surface area contributed by atoms with Crippen LogP contribution in [-0.4, -0.2) is 31.1 Å². The predicted octanol–water partition coefficient (Wildman–Crippen LogP) is 2.19. The molecule has 5 heteroatoms. The first-order valence-electron chi connectivity index (χ1n) is 6.84. The van der Waals surface area contributed by atoms with Crippen molar-refractivity contribution < 1.29 is 14.3 Å². The fourth-order valence-corrected chi connectivity index (χ4v) is 1.56. The second-order valence-corrected chi connectivity index (χ2v) is 4.76. The summed E-state index contributed by atoms with van der Waals surface area (Å²) < 4.78 is 5.09.